The number of anilines is 1. The number of carbonyl (C=O) groups is 1. The zero-order valence-electron chi connectivity index (χ0n) is 12.3. The highest BCUT2D eigenvalue weighted by atomic mass is 32.1. The maximum absolute atomic E-state index is 12.5. The maximum Gasteiger partial charge on any atom is 0.324 e. The van der Waals surface area contributed by atoms with Crippen LogP contribution < -0.4 is 5.32 Å². The van der Waals surface area contributed by atoms with Gasteiger partial charge in [0.2, 0.25) is 5.13 Å². The highest BCUT2D eigenvalue weighted by Gasteiger charge is 2.33. The second-order valence-corrected chi connectivity index (χ2v) is 6.88. The minimum Gasteiger partial charge on any atom is -0.359 e. The first-order chi connectivity index (χ1) is 10.7. The highest BCUT2D eigenvalue weighted by Crippen LogP contribution is 2.42. The van der Waals surface area contributed by atoms with Crippen molar-refractivity contribution in [2.75, 3.05) is 11.9 Å². The summed E-state index contributed by atoms with van der Waals surface area (Å²) in [5, 5.41) is 16.6. The van der Waals surface area contributed by atoms with Gasteiger partial charge in [-0.3, -0.25) is 5.32 Å². The normalized spacial score (nSPS) is 21.3. The molecule has 2 amide bonds. The molecule has 1 atom stereocenters. The van der Waals surface area contributed by atoms with E-state index >= 15 is 0 Å². The fourth-order valence-electron chi connectivity index (χ4n) is 2.79. The second kappa shape index (κ2) is 5.35. The van der Waals surface area contributed by atoms with Gasteiger partial charge in [0.25, 0.3) is 0 Å². The van der Waals surface area contributed by atoms with Gasteiger partial charge in [-0.1, -0.05) is 16.5 Å². The number of carbonyl (C=O) groups excluding carboxylic acids is 1. The molecule has 4 rings (SSSR count). The van der Waals surface area contributed by atoms with Gasteiger partial charge in [-0.15, -0.1) is 10.2 Å². The van der Waals surface area contributed by atoms with Crippen LogP contribution in [0.3, 0.4) is 0 Å². The quantitative estimate of drug-likeness (QED) is 0.940. The molecule has 2 aromatic rings. The summed E-state index contributed by atoms with van der Waals surface area (Å²) in [4.78, 5) is 14.3. The predicted octanol–water partition coefficient (Wildman–Crippen LogP) is 3.08. The number of amides is 2. The van der Waals surface area contributed by atoms with E-state index < -0.39 is 0 Å². The van der Waals surface area contributed by atoms with Gasteiger partial charge in [0.05, 0.1) is 11.7 Å². The van der Waals surface area contributed by atoms with Gasteiger partial charge in [-0.05, 0) is 32.6 Å². The SMILES string of the molecule is Cc1cc(C2CCCN2C(=O)Nc2nnc(C3CC3)s2)on1. The Balaban J connectivity index is 1.46. The zero-order chi connectivity index (χ0) is 15.1. The van der Waals surface area contributed by atoms with Crippen molar-refractivity contribution in [3.63, 3.8) is 0 Å². The van der Waals surface area contributed by atoms with Crippen LogP contribution in [0, 0.1) is 6.92 Å². The van der Waals surface area contributed by atoms with E-state index in [1.54, 1.807) is 4.90 Å². The van der Waals surface area contributed by atoms with Gasteiger partial charge in [0, 0.05) is 18.5 Å². The van der Waals surface area contributed by atoms with Crippen LogP contribution in [0.4, 0.5) is 9.93 Å². The van der Waals surface area contributed by atoms with E-state index in [2.05, 4.69) is 20.7 Å². The molecule has 1 aliphatic heterocycles. The molecule has 3 heterocycles. The molecule has 2 fully saturated rings. The molecule has 2 aromatic heterocycles. The summed E-state index contributed by atoms with van der Waals surface area (Å²) < 4.78 is 5.33. The first kappa shape index (κ1) is 13.7. The maximum atomic E-state index is 12.5. The summed E-state index contributed by atoms with van der Waals surface area (Å²) in [7, 11) is 0. The van der Waals surface area contributed by atoms with E-state index in [1.165, 1.54) is 24.2 Å². The minimum atomic E-state index is -0.143. The number of likely N-dealkylation sites (tertiary alicyclic amines) is 1. The Bertz CT molecular complexity index is 693. The van der Waals surface area contributed by atoms with Crippen molar-refractivity contribution in [3.05, 3.63) is 22.5 Å². The van der Waals surface area contributed by atoms with Crippen molar-refractivity contribution in [2.45, 2.75) is 44.6 Å². The standard InChI is InChI=1S/C14H17N5O2S/c1-8-7-11(21-18-8)10-3-2-6-19(10)14(20)15-13-17-16-12(22-13)9-4-5-9/h7,9-10H,2-6H2,1H3,(H,15,17,20). The van der Waals surface area contributed by atoms with Gasteiger partial charge in [0.1, 0.15) is 5.01 Å². The Morgan fingerprint density at radius 1 is 1.41 bits per heavy atom. The van der Waals surface area contributed by atoms with Crippen LogP contribution in [0.25, 0.3) is 0 Å². The third-order valence-electron chi connectivity index (χ3n) is 4.07. The average Bonchev–Trinajstić information content (AvgIpc) is 2.92. The Morgan fingerprint density at radius 2 is 2.27 bits per heavy atom. The van der Waals surface area contributed by atoms with Crippen molar-refractivity contribution < 1.29 is 9.32 Å². The van der Waals surface area contributed by atoms with Crippen LogP contribution >= 0.6 is 11.3 Å². The molecule has 1 unspecified atom stereocenters. The molecule has 1 aliphatic carbocycles. The molecule has 1 saturated carbocycles. The van der Waals surface area contributed by atoms with Gasteiger partial charge in [0.15, 0.2) is 5.76 Å². The third kappa shape index (κ3) is 2.58. The third-order valence-corrected chi connectivity index (χ3v) is 5.07. The lowest BCUT2D eigenvalue weighted by Crippen LogP contribution is -2.34. The minimum absolute atomic E-state index is 0.0444. The fraction of sp³-hybridized carbons (Fsp3) is 0.571. The Kier molecular flexibility index (Phi) is 3.33. The second-order valence-electron chi connectivity index (χ2n) is 5.87. The molecular formula is C14H17N5O2S. The lowest BCUT2D eigenvalue weighted by Gasteiger charge is -2.22. The van der Waals surface area contributed by atoms with Gasteiger partial charge in [-0.25, -0.2) is 4.79 Å². The molecule has 1 N–H and O–H groups in total. The smallest absolute Gasteiger partial charge is 0.324 e. The lowest BCUT2D eigenvalue weighted by molar-refractivity contribution is 0.195. The molecule has 0 spiro atoms. The molecule has 8 heteroatoms. The van der Waals surface area contributed by atoms with Gasteiger partial charge in [-0.2, -0.15) is 0 Å². The summed E-state index contributed by atoms with van der Waals surface area (Å²) in [5.74, 6) is 1.31. The topological polar surface area (TPSA) is 84.2 Å². The molecular weight excluding hydrogens is 302 g/mol. The summed E-state index contributed by atoms with van der Waals surface area (Å²) in [6.45, 7) is 2.59. The largest absolute Gasteiger partial charge is 0.359 e. The molecule has 0 bridgehead atoms. The fourth-order valence-corrected chi connectivity index (χ4v) is 3.69. The molecule has 1 saturated heterocycles. The van der Waals surface area contributed by atoms with Crippen molar-refractivity contribution in [1.29, 1.82) is 0 Å². The Morgan fingerprint density at radius 3 is 3.00 bits per heavy atom. The van der Waals surface area contributed by atoms with E-state index in [-0.39, 0.29) is 12.1 Å². The van der Waals surface area contributed by atoms with Gasteiger partial charge >= 0.3 is 6.03 Å². The summed E-state index contributed by atoms with van der Waals surface area (Å²) >= 11 is 1.48. The number of aryl methyl sites for hydroxylation is 1. The first-order valence-electron chi connectivity index (χ1n) is 7.55. The van der Waals surface area contributed by atoms with Crippen molar-refractivity contribution in [2.24, 2.45) is 0 Å². The van der Waals surface area contributed by atoms with E-state index in [9.17, 15) is 4.79 Å². The van der Waals surface area contributed by atoms with Crippen LogP contribution in [0.5, 0.6) is 0 Å². The summed E-state index contributed by atoms with van der Waals surface area (Å²) in [6.07, 6.45) is 4.22. The highest BCUT2D eigenvalue weighted by molar-refractivity contribution is 7.15. The Hall–Kier alpha value is -1.96. The molecule has 22 heavy (non-hydrogen) atoms. The van der Waals surface area contributed by atoms with Crippen LogP contribution in [0.15, 0.2) is 10.6 Å². The van der Waals surface area contributed by atoms with E-state index in [0.717, 1.165) is 29.3 Å². The van der Waals surface area contributed by atoms with Gasteiger partial charge < -0.3 is 9.42 Å². The summed E-state index contributed by atoms with van der Waals surface area (Å²) in [5.41, 5.74) is 0.834. The van der Waals surface area contributed by atoms with Crippen molar-refractivity contribution >= 4 is 22.5 Å². The molecule has 0 radical (unpaired) electrons. The predicted molar refractivity (Wildman–Crippen MR) is 80.8 cm³/mol. The summed E-state index contributed by atoms with van der Waals surface area (Å²) in [6, 6.07) is 1.71. The van der Waals surface area contributed by atoms with E-state index in [1.807, 2.05) is 13.0 Å². The number of hydrogen-bond acceptors (Lipinski definition) is 6. The van der Waals surface area contributed by atoms with Crippen LogP contribution in [0.1, 0.15) is 54.1 Å². The number of nitrogens with one attached hydrogen (secondary N) is 1. The number of urea groups is 1. The van der Waals surface area contributed by atoms with Crippen LogP contribution in [0.2, 0.25) is 0 Å². The molecule has 0 aromatic carbocycles. The van der Waals surface area contributed by atoms with E-state index in [4.69, 9.17) is 4.52 Å². The Labute approximate surface area is 131 Å². The van der Waals surface area contributed by atoms with Crippen LogP contribution in [-0.4, -0.2) is 32.8 Å². The lowest BCUT2D eigenvalue weighted by atomic mass is 10.1. The monoisotopic (exact) mass is 319 g/mol. The number of rotatable bonds is 3. The molecule has 7 nitrogen and oxygen atoms in total. The number of nitrogens with zero attached hydrogens (tertiary/aromatic N) is 4. The number of aromatic nitrogens is 3. The van der Waals surface area contributed by atoms with Crippen molar-refractivity contribution in [3.8, 4) is 0 Å². The van der Waals surface area contributed by atoms with Crippen LogP contribution in [-0.2, 0) is 0 Å². The first-order valence-corrected chi connectivity index (χ1v) is 8.36. The molecule has 2 aliphatic rings. The van der Waals surface area contributed by atoms with E-state index in [0.29, 0.717) is 17.6 Å². The van der Waals surface area contributed by atoms with Crippen molar-refractivity contribution in [1.82, 2.24) is 20.3 Å². The molecule has 116 valence electrons. The number of hydrogen-bond donors (Lipinski definition) is 1. The zero-order valence-corrected chi connectivity index (χ0v) is 13.1. The average molecular weight is 319 g/mol.